The number of hydrogen-bond acceptors (Lipinski definition) is 2. The first-order valence-corrected chi connectivity index (χ1v) is 3.97. The summed E-state index contributed by atoms with van der Waals surface area (Å²) in [5.74, 6) is 0.0171. The Morgan fingerprint density at radius 2 is 1.92 bits per heavy atom. The van der Waals surface area contributed by atoms with Crippen molar-refractivity contribution >= 4 is 11.7 Å². The number of rotatable bonds is 5. The second-order valence-electron chi connectivity index (χ2n) is 2.73. The second kappa shape index (κ2) is 5.52. The normalized spacial score (nSPS) is 9.17. The first-order chi connectivity index (χ1) is 5.57. The van der Waals surface area contributed by atoms with E-state index in [-0.39, 0.29) is 11.7 Å². The number of Topliss-reactive ketones (excluding diaryl/α,β-unsaturated/α-hetero) is 1. The number of hydrogen-bond donors (Lipinski definition) is 1. The number of carbonyl (C=O) groups excluding carboxylic acids is 2. The van der Waals surface area contributed by atoms with Gasteiger partial charge in [0.2, 0.25) is 5.91 Å². The van der Waals surface area contributed by atoms with E-state index in [2.05, 4.69) is 11.9 Å². The van der Waals surface area contributed by atoms with E-state index in [1.807, 2.05) is 0 Å². The molecular weight excluding hydrogens is 154 g/mol. The summed E-state index contributed by atoms with van der Waals surface area (Å²) in [5, 5.41) is 2.50. The molecule has 0 saturated heterocycles. The molecule has 0 saturated carbocycles. The lowest BCUT2D eigenvalue weighted by molar-refractivity contribution is -0.120. The molecule has 0 unspecified atom stereocenters. The smallest absolute Gasteiger partial charge is 0.219 e. The van der Waals surface area contributed by atoms with Gasteiger partial charge in [0.15, 0.2) is 5.78 Å². The van der Waals surface area contributed by atoms with Gasteiger partial charge >= 0.3 is 0 Å². The number of nitrogens with one attached hydrogen (secondary N) is 1. The highest BCUT2D eigenvalue weighted by molar-refractivity contribution is 5.94. The van der Waals surface area contributed by atoms with Crippen molar-refractivity contribution in [3.05, 3.63) is 12.2 Å². The van der Waals surface area contributed by atoms with Gasteiger partial charge in [0.05, 0.1) is 0 Å². The maximum Gasteiger partial charge on any atom is 0.219 e. The fourth-order valence-electron chi connectivity index (χ4n) is 0.748. The third-order valence-corrected chi connectivity index (χ3v) is 1.56. The number of amides is 1. The number of ketones is 1. The lowest BCUT2D eigenvalue weighted by Gasteiger charge is -1.99. The molecule has 0 fully saturated rings. The van der Waals surface area contributed by atoms with Crippen molar-refractivity contribution in [3.8, 4) is 0 Å². The van der Waals surface area contributed by atoms with Crippen molar-refractivity contribution in [2.24, 2.45) is 0 Å². The van der Waals surface area contributed by atoms with Crippen LogP contribution in [0.3, 0.4) is 0 Å². The molecular formula is C9H15NO2. The highest BCUT2D eigenvalue weighted by Gasteiger charge is 2.03. The van der Waals surface area contributed by atoms with Crippen molar-refractivity contribution < 1.29 is 9.59 Å². The minimum atomic E-state index is -0.0236. The number of carbonyl (C=O) groups is 2. The van der Waals surface area contributed by atoms with Crippen LogP contribution in [0.5, 0.6) is 0 Å². The van der Waals surface area contributed by atoms with Gasteiger partial charge in [-0.15, -0.1) is 0 Å². The lowest BCUT2D eigenvalue weighted by atomic mass is 10.1. The maximum atomic E-state index is 11.0. The highest BCUT2D eigenvalue weighted by atomic mass is 16.1. The van der Waals surface area contributed by atoms with Crippen molar-refractivity contribution in [1.29, 1.82) is 0 Å². The maximum absolute atomic E-state index is 11.0. The van der Waals surface area contributed by atoms with Crippen LogP contribution in [-0.2, 0) is 9.59 Å². The van der Waals surface area contributed by atoms with Crippen molar-refractivity contribution in [1.82, 2.24) is 5.32 Å². The van der Waals surface area contributed by atoms with Gasteiger partial charge in [-0.2, -0.15) is 0 Å². The van der Waals surface area contributed by atoms with E-state index < -0.39 is 0 Å². The molecule has 12 heavy (non-hydrogen) atoms. The summed E-state index contributed by atoms with van der Waals surface area (Å²) in [6.45, 7) is 5.21. The van der Waals surface area contributed by atoms with Crippen LogP contribution in [0.2, 0.25) is 0 Å². The van der Waals surface area contributed by atoms with Crippen LogP contribution in [0.1, 0.15) is 26.2 Å². The average molecular weight is 169 g/mol. The Balaban J connectivity index is 3.50. The van der Waals surface area contributed by atoms with Gasteiger partial charge in [0, 0.05) is 19.9 Å². The Bertz CT molecular complexity index is 197. The Kier molecular flexibility index (Phi) is 5.00. The molecule has 0 bridgehead atoms. The molecule has 0 radical (unpaired) electrons. The summed E-state index contributed by atoms with van der Waals surface area (Å²) < 4.78 is 0. The minimum Gasteiger partial charge on any atom is -0.359 e. The fourth-order valence-corrected chi connectivity index (χ4v) is 0.748. The van der Waals surface area contributed by atoms with Gasteiger partial charge in [-0.3, -0.25) is 9.59 Å². The SMILES string of the molecule is C=C(C)C(=O)CCCC(=O)NC. The molecule has 1 amide bonds. The van der Waals surface area contributed by atoms with Crippen LogP contribution in [0, 0.1) is 0 Å². The van der Waals surface area contributed by atoms with Crippen LogP contribution >= 0.6 is 0 Å². The van der Waals surface area contributed by atoms with Gasteiger partial charge < -0.3 is 5.32 Å². The zero-order valence-electron chi connectivity index (χ0n) is 7.64. The summed E-state index contributed by atoms with van der Waals surface area (Å²) in [6.07, 6.45) is 1.43. The molecule has 0 heterocycles. The van der Waals surface area contributed by atoms with Crippen LogP contribution in [-0.4, -0.2) is 18.7 Å². The minimum absolute atomic E-state index is 0.0236. The van der Waals surface area contributed by atoms with E-state index >= 15 is 0 Å². The fraction of sp³-hybridized carbons (Fsp3) is 0.556. The Morgan fingerprint density at radius 3 is 2.33 bits per heavy atom. The van der Waals surface area contributed by atoms with Crippen LogP contribution in [0.25, 0.3) is 0 Å². The Hall–Kier alpha value is -1.12. The molecule has 0 aliphatic rings. The zero-order chi connectivity index (χ0) is 9.56. The van der Waals surface area contributed by atoms with Gasteiger partial charge in [0.25, 0.3) is 0 Å². The monoisotopic (exact) mass is 169 g/mol. The quantitative estimate of drug-likeness (QED) is 0.625. The van der Waals surface area contributed by atoms with E-state index in [1.165, 1.54) is 0 Å². The molecule has 3 nitrogen and oxygen atoms in total. The van der Waals surface area contributed by atoms with E-state index in [9.17, 15) is 9.59 Å². The highest BCUT2D eigenvalue weighted by Crippen LogP contribution is 2.01. The van der Waals surface area contributed by atoms with Crippen LogP contribution in [0.4, 0.5) is 0 Å². The molecule has 0 rings (SSSR count). The Labute approximate surface area is 72.8 Å². The van der Waals surface area contributed by atoms with E-state index in [4.69, 9.17) is 0 Å². The summed E-state index contributed by atoms with van der Waals surface area (Å²) >= 11 is 0. The van der Waals surface area contributed by atoms with Gasteiger partial charge in [-0.05, 0) is 18.9 Å². The Morgan fingerprint density at radius 1 is 1.33 bits per heavy atom. The van der Waals surface area contributed by atoms with Crippen molar-refractivity contribution in [2.45, 2.75) is 26.2 Å². The average Bonchev–Trinajstić information content (AvgIpc) is 2.03. The summed E-state index contributed by atoms with van der Waals surface area (Å²) in [4.78, 5) is 21.7. The van der Waals surface area contributed by atoms with Crippen molar-refractivity contribution in [3.63, 3.8) is 0 Å². The molecule has 0 aliphatic heterocycles. The molecule has 0 aliphatic carbocycles. The summed E-state index contributed by atoms with van der Waals surface area (Å²) in [7, 11) is 1.59. The van der Waals surface area contributed by atoms with Gasteiger partial charge in [0.1, 0.15) is 0 Å². The molecule has 0 aromatic rings. The third kappa shape index (κ3) is 4.66. The first kappa shape index (κ1) is 10.9. The molecule has 0 spiro atoms. The van der Waals surface area contributed by atoms with Crippen LogP contribution < -0.4 is 5.32 Å². The van der Waals surface area contributed by atoms with E-state index in [0.29, 0.717) is 24.8 Å². The van der Waals surface area contributed by atoms with E-state index in [1.54, 1.807) is 14.0 Å². The largest absolute Gasteiger partial charge is 0.359 e. The van der Waals surface area contributed by atoms with Crippen molar-refractivity contribution in [2.75, 3.05) is 7.05 Å². The molecule has 0 aromatic heterocycles. The van der Waals surface area contributed by atoms with Gasteiger partial charge in [-0.1, -0.05) is 6.58 Å². The standard InChI is InChI=1S/C9H15NO2/c1-7(2)8(11)5-4-6-9(12)10-3/h1,4-6H2,2-3H3,(H,10,12). The van der Waals surface area contributed by atoms with Gasteiger partial charge in [-0.25, -0.2) is 0 Å². The summed E-state index contributed by atoms with van der Waals surface area (Å²) in [5.41, 5.74) is 0.562. The molecule has 68 valence electrons. The van der Waals surface area contributed by atoms with Crippen LogP contribution in [0.15, 0.2) is 12.2 Å². The first-order valence-electron chi connectivity index (χ1n) is 3.97. The lowest BCUT2D eigenvalue weighted by Crippen LogP contribution is -2.17. The number of allylic oxidation sites excluding steroid dienone is 1. The third-order valence-electron chi connectivity index (χ3n) is 1.56. The zero-order valence-corrected chi connectivity index (χ0v) is 7.64. The summed E-state index contributed by atoms with van der Waals surface area (Å²) in [6, 6.07) is 0. The molecule has 0 atom stereocenters. The molecule has 0 aromatic carbocycles. The second-order valence-corrected chi connectivity index (χ2v) is 2.73. The topological polar surface area (TPSA) is 46.2 Å². The predicted octanol–water partition coefficient (Wildman–Crippen LogP) is 1.05. The molecule has 1 N–H and O–H groups in total. The molecule has 3 heteroatoms. The van der Waals surface area contributed by atoms with E-state index in [0.717, 1.165) is 0 Å². The predicted molar refractivity (Wildman–Crippen MR) is 47.7 cm³/mol.